The van der Waals surface area contributed by atoms with Crippen LogP contribution in [0.15, 0.2) is 97.2 Å². The first-order chi connectivity index (χ1) is 14.3. The number of aliphatic carboxylic acids is 1. The van der Waals surface area contributed by atoms with Gasteiger partial charge >= 0.3 is 5.97 Å². The van der Waals surface area contributed by atoms with Gasteiger partial charge in [0.2, 0.25) is 0 Å². The molecule has 0 heterocycles. The minimum absolute atomic E-state index is 0.0675. The molecule has 0 radical (unpaired) electrons. The maximum absolute atomic E-state index is 10.6. The van der Waals surface area contributed by atoms with Crippen LogP contribution in [0.3, 0.4) is 0 Å². The number of carbonyl (C=O) groups is 1. The summed E-state index contributed by atoms with van der Waals surface area (Å²) in [5, 5.41) is 29.4. The molecule has 0 aliphatic rings. The van der Waals surface area contributed by atoms with E-state index in [0.29, 0.717) is 5.57 Å². The van der Waals surface area contributed by atoms with Crippen LogP contribution in [0.5, 0.6) is 0 Å². The summed E-state index contributed by atoms with van der Waals surface area (Å²) in [7, 11) is 0. The number of carboxylic acid groups (broad SMARTS) is 1. The third kappa shape index (κ3) is 13.5. The van der Waals surface area contributed by atoms with Crippen molar-refractivity contribution in [2.75, 3.05) is 0 Å². The fourth-order valence-electron chi connectivity index (χ4n) is 2.43. The van der Waals surface area contributed by atoms with Crippen molar-refractivity contribution in [3.8, 4) is 0 Å². The molecule has 0 rings (SSSR count). The molecule has 3 N–H and O–H groups in total. The second-order valence-electron chi connectivity index (χ2n) is 7.06. The number of rotatable bonds is 14. The zero-order valence-corrected chi connectivity index (χ0v) is 18.3. The summed E-state index contributed by atoms with van der Waals surface area (Å²) in [6.07, 6.45) is 25.7. The van der Waals surface area contributed by atoms with Gasteiger partial charge in [0.25, 0.3) is 0 Å². The van der Waals surface area contributed by atoms with Crippen molar-refractivity contribution in [1.82, 2.24) is 0 Å². The Labute approximate surface area is 181 Å². The highest BCUT2D eigenvalue weighted by Crippen LogP contribution is 2.19. The number of hydrogen-bond donors (Lipinski definition) is 3. The number of hydrogen-bond acceptors (Lipinski definition) is 3. The van der Waals surface area contributed by atoms with Gasteiger partial charge in [-0.1, -0.05) is 105 Å². The molecule has 0 saturated carbocycles. The maximum atomic E-state index is 10.6. The van der Waals surface area contributed by atoms with Crippen molar-refractivity contribution in [2.45, 2.75) is 45.8 Å². The Balaban J connectivity index is 4.34. The monoisotopic (exact) mass is 412 g/mol. The molecule has 0 amide bonds. The smallest absolute Gasteiger partial charge is 0.331 e. The van der Waals surface area contributed by atoms with Gasteiger partial charge in [0.05, 0.1) is 12.2 Å². The third-order valence-electron chi connectivity index (χ3n) is 4.49. The third-order valence-corrected chi connectivity index (χ3v) is 4.49. The van der Waals surface area contributed by atoms with Crippen LogP contribution >= 0.6 is 0 Å². The molecular formula is C26H36O4. The Morgan fingerprint density at radius 2 is 1.47 bits per heavy atom. The summed E-state index contributed by atoms with van der Waals surface area (Å²) < 4.78 is 0. The average molecular weight is 413 g/mol. The molecule has 0 fully saturated rings. The lowest BCUT2D eigenvalue weighted by Gasteiger charge is -2.25. The van der Waals surface area contributed by atoms with Crippen LogP contribution in [0, 0.1) is 11.8 Å². The van der Waals surface area contributed by atoms with Crippen LogP contribution in [0.25, 0.3) is 0 Å². The Kier molecular flexibility index (Phi) is 15.7. The highest BCUT2D eigenvalue weighted by atomic mass is 16.4. The Morgan fingerprint density at radius 3 is 2.13 bits per heavy atom. The van der Waals surface area contributed by atoms with E-state index in [1.54, 1.807) is 43.4 Å². The van der Waals surface area contributed by atoms with Crippen LogP contribution in [0.4, 0.5) is 0 Å². The lowest BCUT2D eigenvalue weighted by molar-refractivity contribution is -0.132. The molecule has 0 aliphatic carbocycles. The Hall–Kier alpha value is -2.69. The van der Waals surface area contributed by atoms with Crippen LogP contribution in [0.2, 0.25) is 0 Å². The molecular weight excluding hydrogens is 376 g/mol. The van der Waals surface area contributed by atoms with Gasteiger partial charge in [-0.25, -0.2) is 4.79 Å². The topological polar surface area (TPSA) is 77.8 Å². The standard InChI is InChI=1S/C26H36O4/c1-5-6-7-8-14-17-20-24(27)23(4)25(28)21(2)18-15-12-10-9-11-13-16-19-22(3)26(29)30/h5-9,11,13-21,23-25,27-28H,1,10,12H2,2-4H3,(H,29,30)/b7-6+,11-9+,14-8+,16-13+,18-15+,20-17+,22-19+. The number of aliphatic hydroxyl groups is 2. The fourth-order valence-corrected chi connectivity index (χ4v) is 2.43. The summed E-state index contributed by atoms with van der Waals surface area (Å²) in [5.74, 6) is -1.27. The van der Waals surface area contributed by atoms with Crippen LogP contribution in [-0.4, -0.2) is 33.5 Å². The maximum Gasteiger partial charge on any atom is 0.331 e. The first-order valence-corrected chi connectivity index (χ1v) is 10.2. The van der Waals surface area contributed by atoms with Crippen molar-refractivity contribution >= 4 is 5.97 Å². The fraction of sp³-hybridized carbons (Fsp3) is 0.346. The predicted molar refractivity (Wildman–Crippen MR) is 126 cm³/mol. The summed E-state index contributed by atoms with van der Waals surface area (Å²) in [5.41, 5.74) is 0.294. The normalized spacial score (nSPS) is 17.7. The van der Waals surface area contributed by atoms with E-state index in [9.17, 15) is 15.0 Å². The van der Waals surface area contributed by atoms with Gasteiger partial charge in [0.15, 0.2) is 0 Å². The van der Waals surface area contributed by atoms with Crippen molar-refractivity contribution < 1.29 is 20.1 Å². The number of aliphatic hydroxyl groups excluding tert-OH is 2. The highest BCUT2D eigenvalue weighted by Gasteiger charge is 2.24. The van der Waals surface area contributed by atoms with E-state index in [4.69, 9.17) is 5.11 Å². The molecule has 30 heavy (non-hydrogen) atoms. The van der Waals surface area contributed by atoms with Gasteiger partial charge in [-0.3, -0.25) is 0 Å². The molecule has 0 aliphatic heterocycles. The van der Waals surface area contributed by atoms with E-state index in [1.807, 2.05) is 62.5 Å². The molecule has 4 unspecified atom stereocenters. The van der Waals surface area contributed by atoms with Gasteiger partial charge in [-0.15, -0.1) is 0 Å². The average Bonchev–Trinajstić information content (AvgIpc) is 2.73. The summed E-state index contributed by atoms with van der Waals surface area (Å²) in [6.45, 7) is 8.90. The predicted octanol–water partition coefficient (Wildman–Crippen LogP) is 5.31. The molecule has 0 saturated heterocycles. The minimum atomic E-state index is -0.920. The minimum Gasteiger partial charge on any atom is -0.478 e. The zero-order chi connectivity index (χ0) is 22.8. The largest absolute Gasteiger partial charge is 0.478 e. The van der Waals surface area contributed by atoms with Crippen molar-refractivity contribution in [3.05, 3.63) is 97.2 Å². The van der Waals surface area contributed by atoms with Crippen molar-refractivity contribution in [3.63, 3.8) is 0 Å². The molecule has 4 nitrogen and oxygen atoms in total. The van der Waals surface area contributed by atoms with Crippen molar-refractivity contribution in [2.24, 2.45) is 11.8 Å². The van der Waals surface area contributed by atoms with E-state index in [0.717, 1.165) is 12.8 Å². The molecule has 0 bridgehead atoms. The van der Waals surface area contributed by atoms with Crippen molar-refractivity contribution in [1.29, 1.82) is 0 Å². The summed E-state index contributed by atoms with van der Waals surface area (Å²) >= 11 is 0. The quantitative estimate of drug-likeness (QED) is 0.156. The van der Waals surface area contributed by atoms with E-state index in [2.05, 4.69) is 6.58 Å². The number of carboxylic acids is 1. The van der Waals surface area contributed by atoms with E-state index in [-0.39, 0.29) is 11.8 Å². The molecule has 4 atom stereocenters. The summed E-state index contributed by atoms with van der Waals surface area (Å²) in [4.78, 5) is 10.6. The SMILES string of the molecule is C=C/C=C/C=C/C=C/C(O)C(C)C(O)C(C)/C=C/CC/C=C/C=C/C=C(\C)C(=O)O. The van der Waals surface area contributed by atoms with Gasteiger partial charge in [0.1, 0.15) is 0 Å². The summed E-state index contributed by atoms with van der Waals surface area (Å²) in [6, 6.07) is 0. The second kappa shape index (κ2) is 17.2. The lowest BCUT2D eigenvalue weighted by atomic mass is 9.88. The van der Waals surface area contributed by atoms with Crippen LogP contribution < -0.4 is 0 Å². The van der Waals surface area contributed by atoms with E-state index in [1.165, 1.54) is 0 Å². The first kappa shape index (κ1) is 27.3. The molecule has 164 valence electrons. The van der Waals surface area contributed by atoms with Crippen LogP contribution in [-0.2, 0) is 4.79 Å². The first-order valence-electron chi connectivity index (χ1n) is 10.2. The van der Waals surface area contributed by atoms with Gasteiger partial charge in [-0.05, 0) is 19.8 Å². The Bertz CT molecular complexity index is 705. The van der Waals surface area contributed by atoms with E-state index >= 15 is 0 Å². The zero-order valence-electron chi connectivity index (χ0n) is 18.3. The Morgan fingerprint density at radius 1 is 0.867 bits per heavy atom. The van der Waals surface area contributed by atoms with E-state index < -0.39 is 18.2 Å². The second-order valence-corrected chi connectivity index (χ2v) is 7.06. The van der Waals surface area contributed by atoms with Gasteiger partial charge in [-0.2, -0.15) is 0 Å². The lowest BCUT2D eigenvalue weighted by Crippen LogP contribution is -2.32. The molecule has 0 spiro atoms. The van der Waals surface area contributed by atoms with Gasteiger partial charge < -0.3 is 15.3 Å². The number of allylic oxidation sites excluding steroid dienone is 12. The molecule has 0 aromatic heterocycles. The molecule has 0 aromatic rings. The van der Waals surface area contributed by atoms with Gasteiger partial charge in [0, 0.05) is 17.4 Å². The number of unbranched alkanes of at least 4 members (excludes halogenated alkanes) is 1. The molecule has 4 heteroatoms. The van der Waals surface area contributed by atoms with Crippen LogP contribution in [0.1, 0.15) is 33.6 Å². The highest BCUT2D eigenvalue weighted by molar-refractivity contribution is 5.86. The molecule has 0 aromatic carbocycles.